The number of hydrogen-bond acceptors (Lipinski definition) is 13. The molecule has 4 amide bonds. The predicted molar refractivity (Wildman–Crippen MR) is 199 cm³/mol. The van der Waals surface area contributed by atoms with E-state index in [9.17, 15) is 27.6 Å². The SMILES string of the molecule is C=C[C@@H]1C[C@]1(NC(=O)[C@@H]1C[C@@H](OC(=O)N2CCc3nc(N)nc(C)c3C2)CN1C(=O)[C@H](C)N=C(C)OC(C)CCC)C(=O)NS(=O)(=O)c1ccccc1N. The lowest BCUT2D eigenvalue weighted by Crippen LogP contribution is -2.56. The normalized spacial score (nSPS) is 23.4. The number of benzene rings is 1. The van der Waals surface area contributed by atoms with Crippen LogP contribution in [-0.2, 0) is 46.8 Å². The van der Waals surface area contributed by atoms with Gasteiger partial charge in [-0.15, -0.1) is 6.58 Å². The van der Waals surface area contributed by atoms with E-state index in [2.05, 4.69) is 26.9 Å². The van der Waals surface area contributed by atoms with E-state index in [0.717, 1.165) is 24.1 Å². The van der Waals surface area contributed by atoms with E-state index in [1.54, 1.807) is 26.8 Å². The zero-order valence-electron chi connectivity index (χ0n) is 31.2. The monoisotopic (exact) mass is 767 g/mol. The molecule has 1 saturated heterocycles. The number of amides is 4. The minimum atomic E-state index is -4.41. The summed E-state index contributed by atoms with van der Waals surface area (Å²) in [6.45, 7) is 13.0. The fraction of sp³-hybridized carbons (Fsp3) is 0.528. The van der Waals surface area contributed by atoms with E-state index < -0.39 is 63.5 Å². The van der Waals surface area contributed by atoms with Gasteiger partial charge in [0.25, 0.3) is 15.9 Å². The number of nitrogen functional groups attached to an aromatic ring is 2. The minimum absolute atomic E-state index is 0.0608. The molecule has 1 aromatic heterocycles. The number of fused-ring (bicyclic) bond motifs is 1. The van der Waals surface area contributed by atoms with Crippen molar-refractivity contribution >= 4 is 51.4 Å². The Morgan fingerprint density at radius 1 is 1.19 bits per heavy atom. The maximum absolute atomic E-state index is 14.1. The molecule has 0 bridgehead atoms. The Balaban J connectivity index is 1.36. The number of aryl methyl sites for hydroxylation is 1. The number of carbonyl (C=O) groups excluding carboxylic acids is 4. The number of anilines is 2. The Morgan fingerprint density at radius 2 is 1.91 bits per heavy atom. The maximum Gasteiger partial charge on any atom is 0.410 e. The van der Waals surface area contributed by atoms with Crippen LogP contribution in [0.3, 0.4) is 0 Å². The second kappa shape index (κ2) is 16.0. The minimum Gasteiger partial charge on any atom is -0.478 e. The lowest BCUT2D eigenvalue weighted by molar-refractivity contribution is -0.140. The molecule has 292 valence electrons. The second-order valence-electron chi connectivity index (χ2n) is 14.0. The largest absolute Gasteiger partial charge is 0.478 e. The molecule has 3 heterocycles. The zero-order chi connectivity index (χ0) is 39.5. The third-order valence-corrected chi connectivity index (χ3v) is 11.3. The van der Waals surface area contributed by atoms with Crippen LogP contribution in [0.4, 0.5) is 16.4 Å². The molecule has 1 aliphatic carbocycles. The highest BCUT2D eigenvalue weighted by Gasteiger charge is 2.61. The van der Waals surface area contributed by atoms with Gasteiger partial charge in [-0.3, -0.25) is 14.4 Å². The molecular weight excluding hydrogens is 719 g/mol. The Hall–Kier alpha value is -5.26. The molecule has 1 saturated carbocycles. The lowest BCUT2D eigenvalue weighted by Gasteiger charge is -2.29. The summed E-state index contributed by atoms with van der Waals surface area (Å²) in [5.74, 6) is -2.41. The molecular formula is C36H49N9O8S. The van der Waals surface area contributed by atoms with E-state index in [-0.39, 0.29) is 48.6 Å². The third-order valence-electron chi connectivity index (χ3n) is 9.94. The summed E-state index contributed by atoms with van der Waals surface area (Å²) in [6, 6.07) is 3.48. The average molecular weight is 768 g/mol. The average Bonchev–Trinajstić information content (AvgIpc) is 3.66. The number of ether oxygens (including phenoxy) is 2. The van der Waals surface area contributed by atoms with Gasteiger partial charge in [0.05, 0.1) is 30.6 Å². The molecule has 54 heavy (non-hydrogen) atoms. The molecule has 2 fully saturated rings. The number of nitrogens with one attached hydrogen (secondary N) is 2. The number of rotatable bonds is 12. The molecule has 17 nitrogen and oxygen atoms in total. The summed E-state index contributed by atoms with van der Waals surface area (Å²) < 4.78 is 40.1. The second-order valence-corrected chi connectivity index (χ2v) is 15.7. The van der Waals surface area contributed by atoms with Crippen molar-refractivity contribution in [2.75, 3.05) is 24.6 Å². The van der Waals surface area contributed by atoms with Crippen LogP contribution in [0, 0.1) is 12.8 Å². The fourth-order valence-electron chi connectivity index (χ4n) is 7.04. The number of nitrogens with zero attached hydrogens (tertiary/aromatic N) is 5. The quantitative estimate of drug-likeness (QED) is 0.105. The number of sulfonamides is 1. The van der Waals surface area contributed by atoms with Crippen LogP contribution in [0.25, 0.3) is 0 Å². The zero-order valence-corrected chi connectivity index (χ0v) is 32.0. The topological polar surface area (TPSA) is 242 Å². The first-order valence-corrected chi connectivity index (χ1v) is 19.4. The summed E-state index contributed by atoms with van der Waals surface area (Å²) in [7, 11) is -4.41. The number of para-hydroxylation sites is 1. The highest BCUT2D eigenvalue weighted by atomic mass is 32.2. The molecule has 6 N–H and O–H groups in total. The van der Waals surface area contributed by atoms with Crippen molar-refractivity contribution in [3.05, 3.63) is 53.9 Å². The Kier molecular flexibility index (Phi) is 11.8. The molecule has 2 aliphatic heterocycles. The number of hydrogen-bond donors (Lipinski definition) is 4. The highest BCUT2D eigenvalue weighted by Crippen LogP contribution is 2.45. The van der Waals surface area contributed by atoms with Gasteiger partial charge in [-0.2, -0.15) is 0 Å². The first-order chi connectivity index (χ1) is 25.5. The Labute approximate surface area is 315 Å². The van der Waals surface area contributed by atoms with Crippen LogP contribution >= 0.6 is 0 Å². The summed E-state index contributed by atoms with van der Waals surface area (Å²) >= 11 is 0. The van der Waals surface area contributed by atoms with E-state index >= 15 is 0 Å². The van der Waals surface area contributed by atoms with Crippen LogP contribution in [0.15, 0.2) is 46.8 Å². The van der Waals surface area contributed by atoms with Crippen molar-refractivity contribution in [1.29, 1.82) is 0 Å². The predicted octanol–water partition coefficient (Wildman–Crippen LogP) is 1.99. The van der Waals surface area contributed by atoms with Gasteiger partial charge in [-0.25, -0.2) is 32.9 Å². The number of carbonyl (C=O) groups is 4. The lowest BCUT2D eigenvalue weighted by atomic mass is 10.0. The van der Waals surface area contributed by atoms with Gasteiger partial charge in [-0.1, -0.05) is 31.6 Å². The molecule has 5 rings (SSSR count). The molecule has 3 aliphatic rings. The van der Waals surface area contributed by atoms with Crippen LogP contribution in [0.5, 0.6) is 0 Å². The molecule has 1 unspecified atom stereocenters. The van der Waals surface area contributed by atoms with Crippen molar-refractivity contribution in [1.82, 2.24) is 29.8 Å². The van der Waals surface area contributed by atoms with Crippen molar-refractivity contribution in [3.63, 3.8) is 0 Å². The van der Waals surface area contributed by atoms with E-state index in [1.165, 1.54) is 34.1 Å². The Morgan fingerprint density at radius 3 is 2.57 bits per heavy atom. The van der Waals surface area contributed by atoms with Gasteiger partial charge in [0.15, 0.2) is 5.90 Å². The van der Waals surface area contributed by atoms with Crippen LogP contribution in [-0.4, -0.2) is 101 Å². The van der Waals surface area contributed by atoms with Crippen LogP contribution in [0.2, 0.25) is 0 Å². The van der Waals surface area contributed by atoms with Gasteiger partial charge in [0.2, 0.25) is 17.8 Å². The molecule has 2 aromatic rings. The summed E-state index contributed by atoms with van der Waals surface area (Å²) in [4.78, 5) is 70.7. The van der Waals surface area contributed by atoms with E-state index in [4.69, 9.17) is 20.9 Å². The van der Waals surface area contributed by atoms with Crippen molar-refractivity contribution in [2.45, 2.75) is 108 Å². The van der Waals surface area contributed by atoms with Gasteiger partial charge >= 0.3 is 6.09 Å². The molecule has 1 aromatic carbocycles. The van der Waals surface area contributed by atoms with Crippen LogP contribution < -0.4 is 21.5 Å². The first kappa shape index (κ1) is 39.9. The smallest absolute Gasteiger partial charge is 0.410 e. The van der Waals surface area contributed by atoms with E-state index in [0.29, 0.717) is 24.6 Å². The van der Waals surface area contributed by atoms with Crippen molar-refractivity contribution < 1.29 is 37.1 Å². The number of aliphatic imine (C=N–C) groups is 1. The highest BCUT2D eigenvalue weighted by molar-refractivity contribution is 7.90. The van der Waals surface area contributed by atoms with Gasteiger partial charge in [-0.05, 0) is 45.7 Å². The summed E-state index contributed by atoms with van der Waals surface area (Å²) in [6.07, 6.45) is 1.87. The standard InChI is InChI=1S/C36H49N9O8S/c1-7-11-20(3)52-23(6)39-22(5)32(47)45-18-25(53-35(49)44-15-14-28-26(19-44)21(4)40-34(38)41-28)16-29(45)31(46)42-36(17-24(36)8-2)33(48)43-54(50,51)30-13-10-9-12-27(30)37/h8-10,12-13,20,22,24-25,29H,2,7,11,14-19,37H2,1,3-6H3,(H,42,46)(H,43,48)(H2,38,40,41)/t20?,22-,24+,25+,29-,36+/m0/s1. The number of nitrogens with two attached hydrogens (primary N) is 2. The van der Waals surface area contributed by atoms with Crippen molar-refractivity contribution in [3.8, 4) is 0 Å². The van der Waals surface area contributed by atoms with E-state index in [1.807, 2.05) is 18.6 Å². The summed E-state index contributed by atoms with van der Waals surface area (Å²) in [5.41, 5.74) is 12.1. The van der Waals surface area contributed by atoms with Crippen LogP contribution in [0.1, 0.15) is 70.3 Å². The van der Waals surface area contributed by atoms with Gasteiger partial charge < -0.3 is 36.1 Å². The molecule has 18 heteroatoms. The summed E-state index contributed by atoms with van der Waals surface area (Å²) in [5, 5.41) is 2.72. The molecule has 0 radical (unpaired) electrons. The first-order valence-electron chi connectivity index (χ1n) is 17.9. The Bertz CT molecular complexity index is 1960. The van der Waals surface area contributed by atoms with Gasteiger partial charge in [0.1, 0.15) is 28.6 Å². The fourth-order valence-corrected chi connectivity index (χ4v) is 8.21. The maximum atomic E-state index is 14.1. The number of likely N-dealkylation sites (tertiary alicyclic amines) is 1. The molecule has 0 spiro atoms. The van der Waals surface area contributed by atoms with Crippen molar-refractivity contribution in [2.24, 2.45) is 10.9 Å². The molecule has 6 atom stereocenters. The number of aromatic nitrogens is 2. The third kappa shape index (κ3) is 8.58. The van der Waals surface area contributed by atoms with Gasteiger partial charge in [0, 0.05) is 43.5 Å².